The van der Waals surface area contributed by atoms with Crippen molar-refractivity contribution < 1.29 is 4.74 Å². The number of hydrogen-bond donors (Lipinski definition) is 1. The van der Waals surface area contributed by atoms with Crippen molar-refractivity contribution in [3.8, 4) is 5.88 Å². The van der Waals surface area contributed by atoms with Crippen LogP contribution in [0, 0.1) is 0 Å². The number of methoxy groups -OCH3 is 1. The van der Waals surface area contributed by atoms with E-state index in [0.717, 1.165) is 25.3 Å². The van der Waals surface area contributed by atoms with E-state index < -0.39 is 0 Å². The van der Waals surface area contributed by atoms with E-state index in [-0.39, 0.29) is 0 Å². The molecule has 1 aliphatic rings. The number of hydrogen-bond acceptors (Lipinski definition) is 4. The maximum absolute atomic E-state index is 5.20. The molecule has 4 nitrogen and oxygen atoms in total. The van der Waals surface area contributed by atoms with Gasteiger partial charge in [0.25, 0.3) is 0 Å². The highest BCUT2D eigenvalue weighted by molar-refractivity contribution is 5.15. The molecule has 0 radical (unpaired) electrons. The van der Waals surface area contributed by atoms with Gasteiger partial charge in [-0.1, -0.05) is 19.4 Å². The lowest BCUT2D eigenvalue weighted by atomic mass is 10.0. The highest BCUT2D eigenvalue weighted by Crippen LogP contribution is 2.12. The molecule has 0 aromatic carbocycles. The van der Waals surface area contributed by atoms with Crippen molar-refractivity contribution in [1.29, 1.82) is 0 Å². The predicted octanol–water partition coefficient (Wildman–Crippen LogP) is 2.44. The second kappa shape index (κ2) is 8.22. The van der Waals surface area contributed by atoms with Crippen LogP contribution in [0.3, 0.4) is 0 Å². The first-order chi connectivity index (χ1) is 9.81. The van der Waals surface area contributed by atoms with E-state index in [0.29, 0.717) is 11.9 Å². The molecule has 1 N–H and O–H groups in total. The normalized spacial score (nSPS) is 19.2. The molecule has 1 aromatic rings. The largest absolute Gasteiger partial charge is 0.481 e. The van der Waals surface area contributed by atoms with Gasteiger partial charge in [0.2, 0.25) is 5.88 Å². The second-order valence-electron chi connectivity index (χ2n) is 5.55. The summed E-state index contributed by atoms with van der Waals surface area (Å²) in [6.07, 6.45) is 5.15. The van der Waals surface area contributed by atoms with Gasteiger partial charge in [0.1, 0.15) is 0 Å². The van der Waals surface area contributed by atoms with E-state index in [2.05, 4.69) is 28.2 Å². The lowest BCUT2D eigenvalue weighted by molar-refractivity contribution is 0.214. The Bertz CT molecular complexity index is 391. The number of nitrogens with one attached hydrogen (secondary N) is 1. The third kappa shape index (κ3) is 4.76. The van der Waals surface area contributed by atoms with Crippen molar-refractivity contribution in [3.63, 3.8) is 0 Å². The summed E-state index contributed by atoms with van der Waals surface area (Å²) in [5.74, 6) is 0.703. The Morgan fingerprint density at radius 1 is 1.40 bits per heavy atom. The smallest absolute Gasteiger partial charge is 0.213 e. The minimum atomic E-state index is 0.640. The van der Waals surface area contributed by atoms with Crippen LogP contribution in [0.1, 0.15) is 38.3 Å². The van der Waals surface area contributed by atoms with Crippen molar-refractivity contribution in [2.24, 2.45) is 0 Å². The zero-order valence-corrected chi connectivity index (χ0v) is 12.8. The lowest BCUT2D eigenvalue weighted by Crippen LogP contribution is -2.43. The molecule has 20 heavy (non-hydrogen) atoms. The average molecular weight is 277 g/mol. The van der Waals surface area contributed by atoms with Crippen LogP contribution in [0.4, 0.5) is 0 Å². The third-order valence-electron chi connectivity index (χ3n) is 3.81. The Morgan fingerprint density at radius 2 is 2.30 bits per heavy atom. The van der Waals surface area contributed by atoms with Gasteiger partial charge in [0.05, 0.1) is 12.8 Å². The topological polar surface area (TPSA) is 37.4 Å². The summed E-state index contributed by atoms with van der Waals surface area (Å²) in [6.45, 7) is 6.55. The van der Waals surface area contributed by atoms with E-state index in [1.165, 1.54) is 32.2 Å². The molecule has 1 atom stereocenters. The molecule has 4 heteroatoms. The van der Waals surface area contributed by atoms with Gasteiger partial charge >= 0.3 is 0 Å². The molecular weight excluding hydrogens is 250 g/mol. The number of aromatic nitrogens is 1. The van der Waals surface area contributed by atoms with Gasteiger partial charge in [-0.3, -0.25) is 4.90 Å². The predicted molar refractivity (Wildman–Crippen MR) is 82.0 cm³/mol. The summed E-state index contributed by atoms with van der Waals surface area (Å²) >= 11 is 0. The Hall–Kier alpha value is -1.13. The van der Waals surface area contributed by atoms with Crippen molar-refractivity contribution in [2.45, 2.75) is 45.2 Å². The molecule has 1 unspecified atom stereocenters. The molecule has 0 bridgehead atoms. The fourth-order valence-electron chi connectivity index (χ4n) is 2.83. The molecular formula is C16H27N3O. The zero-order valence-electron chi connectivity index (χ0n) is 12.8. The third-order valence-corrected chi connectivity index (χ3v) is 3.81. The summed E-state index contributed by atoms with van der Waals surface area (Å²) in [5.41, 5.74) is 1.09. The van der Waals surface area contributed by atoms with Crippen molar-refractivity contribution in [3.05, 3.63) is 23.9 Å². The van der Waals surface area contributed by atoms with Crippen LogP contribution < -0.4 is 10.1 Å². The monoisotopic (exact) mass is 277 g/mol. The first-order valence-electron chi connectivity index (χ1n) is 7.77. The van der Waals surface area contributed by atoms with Crippen LogP contribution in [0.25, 0.3) is 0 Å². The molecule has 1 aliphatic heterocycles. The lowest BCUT2D eigenvalue weighted by Gasteiger charge is -2.30. The molecule has 1 fully saturated rings. The van der Waals surface area contributed by atoms with E-state index in [1.54, 1.807) is 7.11 Å². The van der Waals surface area contributed by atoms with Crippen LogP contribution in [0.15, 0.2) is 18.2 Å². The summed E-state index contributed by atoms with van der Waals surface area (Å²) in [5, 5.41) is 3.63. The van der Waals surface area contributed by atoms with Gasteiger partial charge in [-0.15, -0.1) is 0 Å². The molecule has 2 rings (SSSR count). The molecule has 0 aliphatic carbocycles. The highest BCUT2D eigenvalue weighted by Gasteiger charge is 2.16. The van der Waals surface area contributed by atoms with Crippen LogP contribution in [0.2, 0.25) is 0 Å². The number of piperidine rings is 1. The van der Waals surface area contributed by atoms with E-state index in [4.69, 9.17) is 4.74 Å². The van der Waals surface area contributed by atoms with E-state index in [9.17, 15) is 0 Å². The van der Waals surface area contributed by atoms with Crippen LogP contribution in [-0.2, 0) is 6.54 Å². The quantitative estimate of drug-likeness (QED) is 0.830. The van der Waals surface area contributed by atoms with Gasteiger partial charge in [0, 0.05) is 25.2 Å². The van der Waals surface area contributed by atoms with Crippen LogP contribution in [-0.4, -0.2) is 42.7 Å². The number of pyridine rings is 1. The number of rotatable bonds is 7. The average Bonchev–Trinajstić information content (AvgIpc) is 2.49. The maximum atomic E-state index is 5.20. The Labute approximate surface area is 122 Å². The van der Waals surface area contributed by atoms with Gasteiger partial charge < -0.3 is 10.1 Å². The molecule has 0 amide bonds. The number of ether oxygens (including phenoxy) is 1. The van der Waals surface area contributed by atoms with E-state index in [1.807, 2.05) is 12.1 Å². The molecule has 2 heterocycles. The Balaban J connectivity index is 1.93. The van der Waals surface area contributed by atoms with Crippen molar-refractivity contribution in [2.75, 3.05) is 26.7 Å². The van der Waals surface area contributed by atoms with Gasteiger partial charge in [-0.05, 0) is 38.4 Å². The molecule has 0 saturated carbocycles. The zero-order chi connectivity index (χ0) is 14.2. The fraction of sp³-hybridized carbons (Fsp3) is 0.688. The van der Waals surface area contributed by atoms with Crippen LogP contribution >= 0.6 is 0 Å². The molecule has 1 saturated heterocycles. The van der Waals surface area contributed by atoms with Crippen molar-refractivity contribution >= 4 is 0 Å². The highest BCUT2D eigenvalue weighted by atomic mass is 16.5. The second-order valence-corrected chi connectivity index (χ2v) is 5.55. The minimum absolute atomic E-state index is 0.640. The maximum Gasteiger partial charge on any atom is 0.213 e. The first kappa shape index (κ1) is 15.3. The molecule has 112 valence electrons. The first-order valence-corrected chi connectivity index (χ1v) is 7.77. The summed E-state index contributed by atoms with van der Waals surface area (Å²) in [6, 6.07) is 6.64. The Morgan fingerprint density at radius 3 is 3.00 bits per heavy atom. The summed E-state index contributed by atoms with van der Waals surface area (Å²) in [7, 11) is 1.67. The van der Waals surface area contributed by atoms with Gasteiger partial charge in [0.15, 0.2) is 0 Å². The van der Waals surface area contributed by atoms with Gasteiger partial charge in [-0.2, -0.15) is 0 Å². The minimum Gasteiger partial charge on any atom is -0.481 e. The SMILES string of the molecule is CCCN(Cc1cccc(OC)n1)CC1CCCCN1. The van der Waals surface area contributed by atoms with E-state index >= 15 is 0 Å². The standard InChI is InChI=1S/C16H27N3O/c1-3-11-19(12-14-7-4-5-10-17-14)13-15-8-6-9-16(18-15)20-2/h6,8-9,14,17H,3-5,7,10-13H2,1-2H3. The van der Waals surface area contributed by atoms with Crippen molar-refractivity contribution in [1.82, 2.24) is 15.2 Å². The van der Waals surface area contributed by atoms with Crippen LogP contribution in [0.5, 0.6) is 5.88 Å². The van der Waals surface area contributed by atoms with Gasteiger partial charge in [-0.25, -0.2) is 4.98 Å². The molecule has 1 aromatic heterocycles. The summed E-state index contributed by atoms with van der Waals surface area (Å²) in [4.78, 5) is 7.03. The fourth-order valence-corrected chi connectivity index (χ4v) is 2.83. The number of nitrogens with zero attached hydrogens (tertiary/aromatic N) is 2. The molecule has 0 spiro atoms. The summed E-state index contributed by atoms with van der Waals surface area (Å²) < 4.78 is 5.20. The Kier molecular flexibility index (Phi) is 6.27.